The second-order valence-corrected chi connectivity index (χ2v) is 5.94. The van der Waals surface area contributed by atoms with Crippen molar-refractivity contribution in [1.82, 2.24) is 0 Å². The van der Waals surface area contributed by atoms with Crippen molar-refractivity contribution in [2.24, 2.45) is 0 Å². The molecule has 0 N–H and O–H groups in total. The number of methoxy groups -OCH3 is 1. The number of ether oxygens (including phenoxy) is 1. The third-order valence-electron chi connectivity index (χ3n) is 2.79. The van der Waals surface area contributed by atoms with Gasteiger partial charge in [-0.25, -0.2) is 8.42 Å². The number of sulfone groups is 1. The van der Waals surface area contributed by atoms with Gasteiger partial charge in [0.2, 0.25) is 9.84 Å². The molecule has 0 radical (unpaired) electrons. The van der Waals surface area contributed by atoms with Crippen molar-refractivity contribution in [3.63, 3.8) is 0 Å². The molecular formula is C15H14O3S. The van der Waals surface area contributed by atoms with Gasteiger partial charge in [0.1, 0.15) is 5.75 Å². The van der Waals surface area contributed by atoms with E-state index in [2.05, 4.69) is 6.58 Å². The van der Waals surface area contributed by atoms with Crippen LogP contribution in [0.15, 0.2) is 66.1 Å². The average Bonchev–Trinajstić information content (AvgIpc) is 2.47. The maximum atomic E-state index is 12.4. The van der Waals surface area contributed by atoms with Crippen LogP contribution in [0.2, 0.25) is 0 Å². The Balaban J connectivity index is 2.39. The Bertz CT molecular complexity index is 671. The van der Waals surface area contributed by atoms with Crippen LogP contribution in [0.1, 0.15) is 5.56 Å². The Morgan fingerprint density at radius 2 is 1.58 bits per heavy atom. The molecule has 0 unspecified atom stereocenters. The molecular weight excluding hydrogens is 260 g/mol. The SMILES string of the molecule is C=C(c1ccccc1)S(=O)(=O)c1ccc(OC)cc1. The summed E-state index contributed by atoms with van der Waals surface area (Å²) in [6.45, 7) is 3.70. The summed E-state index contributed by atoms with van der Waals surface area (Å²) in [6, 6.07) is 15.1. The fourth-order valence-corrected chi connectivity index (χ4v) is 2.90. The molecule has 4 heteroatoms. The van der Waals surface area contributed by atoms with Gasteiger partial charge in [-0.05, 0) is 29.8 Å². The number of benzene rings is 2. The van der Waals surface area contributed by atoms with Crippen molar-refractivity contribution in [2.45, 2.75) is 4.90 Å². The van der Waals surface area contributed by atoms with E-state index in [1.54, 1.807) is 36.4 Å². The van der Waals surface area contributed by atoms with Crippen molar-refractivity contribution in [1.29, 1.82) is 0 Å². The predicted octanol–water partition coefficient (Wildman–Crippen LogP) is 3.14. The third kappa shape index (κ3) is 2.69. The number of rotatable bonds is 4. The van der Waals surface area contributed by atoms with Gasteiger partial charge in [-0.2, -0.15) is 0 Å². The molecule has 0 fully saturated rings. The molecule has 0 spiro atoms. The molecule has 0 heterocycles. The van der Waals surface area contributed by atoms with Crippen LogP contribution >= 0.6 is 0 Å². The van der Waals surface area contributed by atoms with E-state index in [9.17, 15) is 8.42 Å². The molecule has 0 aliphatic heterocycles. The second kappa shape index (κ2) is 5.28. The van der Waals surface area contributed by atoms with E-state index < -0.39 is 9.84 Å². The first-order valence-corrected chi connectivity index (χ1v) is 7.17. The summed E-state index contributed by atoms with van der Waals surface area (Å²) in [7, 11) is -2.03. The predicted molar refractivity (Wildman–Crippen MR) is 75.7 cm³/mol. The van der Waals surface area contributed by atoms with Gasteiger partial charge in [0.05, 0.1) is 16.9 Å². The quantitative estimate of drug-likeness (QED) is 0.860. The highest BCUT2D eigenvalue weighted by molar-refractivity contribution is 8.00. The Morgan fingerprint density at radius 1 is 1.00 bits per heavy atom. The zero-order valence-corrected chi connectivity index (χ0v) is 11.4. The van der Waals surface area contributed by atoms with Crippen molar-refractivity contribution < 1.29 is 13.2 Å². The minimum Gasteiger partial charge on any atom is -0.497 e. The number of hydrogen-bond donors (Lipinski definition) is 0. The van der Waals surface area contributed by atoms with Gasteiger partial charge in [0.15, 0.2) is 0 Å². The van der Waals surface area contributed by atoms with Crippen molar-refractivity contribution in [3.8, 4) is 5.75 Å². The lowest BCUT2D eigenvalue weighted by Gasteiger charge is -2.08. The molecule has 0 aliphatic carbocycles. The zero-order chi connectivity index (χ0) is 13.9. The average molecular weight is 274 g/mol. The van der Waals surface area contributed by atoms with Crippen LogP contribution in [0.4, 0.5) is 0 Å². The molecule has 0 aromatic heterocycles. The summed E-state index contributed by atoms with van der Waals surface area (Å²) in [6.07, 6.45) is 0. The Labute approximate surface area is 113 Å². The maximum Gasteiger partial charge on any atom is 0.206 e. The van der Waals surface area contributed by atoms with Gasteiger partial charge < -0.3 is 4.74 Å². The number of hydrogen-bond acceptors (Lipinski definition) is 3. The second-order valence-electron chi connectivity index (χ2n) is 3.97. The molecule has 2 rings (SSSR count). The zero-order valence-electron chi connectivity index (χ0n) is 10.5. The Morgan fingerprint density at radius 3 is 2.11 bits per heavy atom. The topological polar surface area (TPSA) is 43.4 Å². The van der Waals surface area contributed by atoms with Crippen molar-refractivity contribution in [2.75, 3.05) is 7.11 Å². The lowest BCUT2D eigenvalue weighted by Crippen LogP contribution is -2.03. The molecule has 19 heavy (non-hydrogen) atoms. The molecule has 0 atom stereocenters. The first-order chi connectivity index (χ1) is 9.05. The molecule has 0 saturated heterocycles. The van der Waals surface area contributed by atoms with E-state index in [0.29, 0.717) is 11.3 Å². The van der Waals surface area contributed by atoms with Gasteiger partial charge in [0.25, 0.3) is 0 Å². The highest BCUT2D eigenvalue weighted by Gasteiger charge is 2.20. The summed E-state index contributed by atoms with van der Waals surface area (Å²) >= 11 is 0. The highest BCUT2D eigenvalue weighted by Crippen LogP contribution is 2.27. The molecule has 2 aromatic rings. The van der Waals surface area contributed by atoms with Crippen LogP contribution in [-0.4, -0.2) is 15.5 Å². The molecule has 98 valence electrons. The monoisotopic (exact) mass is 274 g/mol. The van der Waals surface area contributed by atoms with Gasteiger partial charge >= 0.3 is 0 Å². The van der Waals surface area contributed by atoms with Gasteiger partial charge in [-0.1, -0.05) is 36.9 Å². The van der Waals surface area contributed by atoms with Crippen LogP contribution in [-0.2, 0) is 9.84 Å². The van der Waals surface area contributed by atoms with Gasteiger partial charge in [-0.15, -0.1) is 0 Å². The standard InChI is InChI=1S/C15H14O3S/c1-12(13-6-4-3-5-7-13)19(16,17)15-10-8-14(18-2)9-11-15/h3-11H,1H2,2H3. The summed E-state index contributed by atoms with van der Waals surface area (Å²) in [5.74, 6) is 0.615. The molecule has 0 amide bonds. The van der Waals surface area contributed by atoms with Crippen LogP contribution in [0.25, 0.3) is 4.91 Å². The van der Waals surface area contributed by atoms with Crippen LogP contribution < -0.4 is 4.74 Å². The highest BCUT2D eigenvalue weighted by atomic mass is 32.2. The first-order valence-electron chi connectivity index (χ1n) is 5.69. The van der Waals surface area contributed by atoms with Crippen LogP contribution in [0.3, 0.4) is 0 Å². The van der Waals surface area contributed by atoms with E-state index in [1.807, 2.05) is 6.07 Å². The van der Waals surface area contributed by atoms with Crippen LogP contribution in [0.5, 0.6) is 5.75 Å². The molecule has 0 bridgehead atoms. The van der Waals surface area contributed by atoms with Gasteiger partial charge in [0, 0.05) is 0 Å². The summed E-state index contributed by atoms with van der Waals surface area (Å²) in [4.78, 5) is 0.306. The summed E-state index contributed by atoms with van der Waals surface area (Å²) in [5, 5.41) is 0. The lowest BCUT2D eigenvalue weighted by molar-refractivity contribution is 0.414. The van der Waals surface area contributed by atoms with E-state index in [-0.39, 0.29) is 9.80 Å². The molecule has 3 nitrogen and oxygen atoms in total. The summed E-state index contributed by atoms with van der Waals surface area (Å²) in [5.41, 5.74) is 0.596. The first kappa shape index (κ1) is 13.4. The molecule has 0 saturated carbocycles. The van der Waals surface area contributed by atoms with Crippen molar-refractivity contribution in [3.05, 3.63) is 66.7 Å². The Kier molecular flexibility index (Phi) is 3.71. The van der Waals surface area contributed by atoms with Crippen LogP contribution in [0, 0.1) is 0 Å². The third-order valence-corrected chi connectivity index (χ3v) is 4.57. The molecule has 0 aliphatic rings. The largest absolute Gasteiger partial charge is 0.497 e. The van der Waals surface area contributed by atoms with E-state index in [4.69, 9.17) is 4.74 Å². The normalized spacial score (nSPS) is 11.0. The Hall–Kier alpha value is -2.07. The minimum atomic E-state index is -3.57. The van der Waals surface area contributed by atoms with Crippen molar-refractivity contribution >= 4 is 14.7 Å². The lowest BCUT2D eigenvalue weighted by atomic mass is 10.2. The van der Waals surface area contributed by atoms with Gasteiger partial charge in [-0.3, -0.25) is 0 Å². The minimum absolute atomic E-state index is 0.0956. The molecule has 2 aromatic carbocycles. The summed E-state index contributed by atoms with van der Waals surface area (Å²) < 4.78 is 29.8. The van der Waals surface area contributed by atoms with E-state index in [0.717, 1.165) is 0 Å². The fraction of sp³-hybridized carbons (Fsp3) is 0.0667. The van der Waals surface area contributed by atoms with E-state index >= 15 is 0 Å². The fourth-order valence-electron chi connectivity index (χ4n) is 1.68. The smallest absolute Gasteiger partial charge is 0.206 e. The van der Waals surface area contributed by atoms with E-state index in [1.165, 1.54) is 19.2 Å². The maximum absolute atomic E-state index is 12.4.